The van der Waals surface area contributed by atoms with E-state index in [-0.39, 0.29) is 0 Å². The SMILES string of the molecule is O=Cc1cccn1Cc1ccncn1. The van der Waals surface area contributed by atoms with Crippen molar-refractivity contribution in [3.05, 3.63) is 48.3 Å². The second-order valence-corrected chi connectivity index (χ2v) is 2.88. The van der Waals surface area contributed by atoms with Gasteiger partial charge in [-0.2, -0.15) is 0 Å². The third-order valence-corrected chi connectivity index (χ3v) is 1.96. The van der Waals surface area contributed by atoms with Crippen molar-refractivity contribution in [1.82, 2.24) is 14.5 Å². The summed E-state index contributed by atoms with van der Waals surface area (Å²) < 4.78 is 1.84. The zero-order chi connectivity index (χ0) is 9.80. The topological polar surface area (TPSA) is 47.8 Å². The largest absolute Gasteiger partial charge is 0.339 e. The maximum Gasteiger partial charge on any atom is 0.166 e. The molecule has 0 aromatic carbocycles. The van der Waals surface area contributed by atoms with Crippen LogP contribution in [0.15, 0.2) is 36.9 Å². The quantitative estimate of drug-likeness (QED) is 0.677. The number of aldehydes is 1. The van der Waals surface area contributed by atoms with Gasteiger partial charge in [-0.05, 0) is 18.2 Å². The molecule has 70 valence electrons. The summed E-state index contributed by atoms with van der Waals surface area (Å²) in [6.07, 6.45) is 5.87. The molecule has 0 saturated carbocycles. The molecule has 0 atom stereocenters. The van der Waals surface area contributed by atoms with Gasteiger partial charge in [-0.15, -0.1) is 0 Å². The average molecular weight is 187 g/mol. The second-order valence-electron chi connectivity index (χ2n) is 2.88. The van der Waals surface area contributed by atoms with E-state index in [1.54, 1.807) is 12.3 Å². The van der Waals surface area contributed by atoms with Gasteiger partial charge in [-0.1, -0.05) is 0 Å². The molecule has 0 fully saturated rings. The van der Waals surface area contributed by atoms with Gasteiger partial charge < -0.3 is 4.57 Å². The van der Waals surface area contributed by atoms with Crippen LogP contribution in [0.3, 0.4) is 0 Å². The number of carbonyl (C=O) groups excluding carboxylic acids is 1. The Morgan fingerprint density at radius 2 is 2.36 bits per heavy atom. The van der Waals surface area contributed by atoms with Crippen LogP contribution in [-0.4, -0.2) is 20.8 Å². The van der Waals surface area contributed by atoms with Gasteiger partial charge in [0, 0.05) is 12.4 Å². The molecule has 0 bridgehead atoms. The van der Waals surface area contributed by atoms with Crippen molar-refractivity contribution >= 4 is 6.29 Å². The lowest BCUT2D eigenvalue weighted by atomic mass is 10.4. The third kappa shape index (κ3) is 1.69. The molecule has 2 heterocycles. The third-order valence-electron chi connectivity index (χ3n) is 1.96. The summed E-state index contributed by atoms with van der Waals surface area (Å²) in [5, 5.41) is 0. The molecule has 4 nitrogen and oxygen atoms in total. The van der Waals surface area contributed by atoms with E-state index in [2.05, 4.69) is 9.97 Å². The maximum absolute atomic E-state index is 10.6. The Morgan fingerprint density at radius 3 is 3.07 bits per heavy atom. The van der Waals surface area contributed by atoms with Gasteiger partial charge in [0.25, 0.3) is 0 Å². The molecule has 2 aromatic heterocycles. The summed E-state index contributed by atoms with van der Waals surface area (Å²) in [6, 6.07) is 5.44. The summed E-state index contributed by atoms with van der Waals surface area (Å²) in [6.45, 7) is 0.601. The lowest BCUT2D eigenvalue weighted by molar-refractivity contribution is 0.111. The molecule has 0 N–H and O–H groups in total. The fourth-order valence-corrected chi connectivity index (χ4v) is 1.26. The predicted molar refractivity (Wildman–Crippen MR) is 51.0 cm³/mol. The fraction of sp³-hybridized carbons (Fsp3) is 0.100. The monoisotopic (exact) mass is 187 g/mol. The number of hydrogen-bond donors (Lipinski definition) is 0. The molecule has 0 saturated heterocycles. The summed E-state index contributed by atoms with van der Waals surface area (Å²) in [5.41, 5.74) is 1.54. The molecular formula is C10H9N3O. The lowest BCUT2D eigenvalue weighted by Gasteiger charge is -2.03. The van der Waals surface area contributed by atoms with E-state index in [0.717, 1.165) is 12.0 Å². The van der Waals surface area contributed by atoms with E-state index >= 15 is 0 Å². The van der Waals surface area contributed by atoms with Gasteiger partial charge in [-0.25, -0.2) is 9.97 Å². The van der Waals surface area contributed by atoms with Gasteiger partial charge in [0.2, 0.25) is 0 Å². The minimum atomic E-state index is 0.601. The van der Waals surface area contributed by atoms with Crippen molar-refractivity contribution in [2.75, 3.05) is 0 Å². The van der Waals surface area contributed by atoms with Crippen LogP contribution in [-0.2, 0) is 6.54 Å². The van der Waals surface area contributed by atoms with E-state index in [1.807, 2.05) is 22.9 Å². The first-order valence-corrected chi connectivity index (χ1v) is 4.25. The van der Waals surface area contributed by atoms with Crippen LogP contribution in [0.1, 0.15) is 16.2 Å². The summed E-state index contributed by atoms with van der Waals surface area (Å²) >= 11 is 0. The highest BCUT2D eigenvalue weighted by Crippen LogP contribution is 2.02. The molecule has 14 heavy (non-hydrogen) atoms. The molecule has 0 spiro atoms. The summed E-state index contributed by atoms with van der Waals surface area (Å²) in [4.78, 5) is 18.5. The van der Waals surface area contributed by atoms with Crippen LogP contribution in [0, 0.1) is 0 Å². The Labute approximate surface area is 81.2 Å². The number of carbonyl (C=O) groups is 1. The normalized spacial score (nSPS) is 10.0. The molecule has 0 radical (unpaired) electrons. The standard InChI is InChI=1S/C10H9N3O/c14-7-10-2-1-5-13(10)6-9-3-4-11-8-12-9/h1-5,7-8H,6H2. The Hall–Kier alpha value is -1.97. The molecule has 0 aliphatic heterocycles. The minimum Gasteiger partial charge on any atom is -0.339 e. The molecule has 2 aromatic rings. The van der Waals surface area contributed by atoms with Crippen molar-refractivity contribution in [3.8, 4) is 0 Å². The molecule has 0 aliphatic rings. The Morgan fingerprint density at radius 1 is 1.43 bits per heavy atom. The van der Waals surface area contributed by atoms with E-state index in [4.69, 9.17) is 0 Å². The smallest absolute Gasteiger partial charge is 0.166 e. The minimum absolute atomic E-state index is 0.601. The zero-order valence-electron chi connectivity index (χ0n) is 7.50. The van der Waals surface area contributed by atoms with Crippen LogP contribution in [0.25, 0.3) is 0 Å². The van der Waals surface area contributed by atoms with E-state index in [1.165, 1.54) is 6.33 Å². The molecule has 4 heteroatoms. The molecule has 0 unspecified atom stereocenters. The van der Waals surface area contributed by atoms with Gasteiger partial charge in [0.05, 0.1) is 17.9 Å². The lowest BCUT2D eigenvalue weighted by Crippen LogP contribution is -2.03. The first kappa shape index (κ1) is 8.62. The Bertz CT molecular complexity index is 422. The zero-order valence-corrected chi connectivity index (χ0v) is 7.50. The van der Waals surface area contributed by atoms with Crippen LogP contribution >= 0.6 is 0 Å². The number of aromatic nitrogens is 3. The molecule has 2 rings (SSSR count). The van der Waals surface area contributed by atoms with Crippen LogP contribution in [0.5, 0.6) is 0 Å². The van der Waals surface area contributed by atoms with Crippen molar-refractivity contribution in [2.45, 2.75) is 6.54 Å². The number of nitrogens with zero attached hydrogens (tertiary/aromatic N) is 3. The highest BCUT2D eigenvalue weighted by atomic mass is 16.1. The van der Waals surface area contributed by atoms with Crippen molar-refractivity contribution in [1.29, 1.82) is 0 Å². The number of rotatable bonds is 3. The van der Waals surface area contributed by atoms with Crippen molar-refractivity contribution < 1.29 is 4.79 Å². The van der Waals surface area contributed by atoms with Gasteiger partial charge in [-0.3, -0.25) is 4.79 Å². The highest BCUT2D eigenvalue weighted by molar-refractivity contribution is 5.72. The van der Waals surface area contributed by atoms with Crippen molar-refractivity contribution in [2.24, 2.45) is 0 Å². The van der Waals surface area contributed by atoms with Gasteiger partial charge in [0.1, 0.15) is 6.33 Å². The highest BCUT2D eigenvalue weighted by Gasteiger charge is 2.00. The van der Waals surface area contributed by atoms with Gasteiger partial charge in [0.15, 0.2) is 6.29 Å². The molecular weight excluding hydrogens is 178 g/mol. The van der Waals surface area contributed by atoms with E-state index < -0.39 is 0 Å². The average Bonchev–Trinajstić information content (AvgIpc) is 2.67. The van der Waals surface area contributed by atoms with Gasteiger partial charge >= 0.3 is 0 Å². The fourth-order valence-electron chi connectivity index (χ4n) is 1.26. The summed E-state index contributed by atoms with van der Waals surface area (Å²) in [7, 11) is 0. The van der Waals surface area contributed by atoms with E-state index in [9.17, 15) is 4.79 Å². The maximum atomic E-state index is 10.6. The van der Waals surface area contributed by atoms with Crippen LogP contribution in [0.4, 0.5) is 0 Å². The van der Waals surface area contributed by atoms with Crippen LogP contribution in [0.2, 0.25) is 0 Å². The number of hydrogen-bond acceptors (Lipinski definition) is 3. The molecule has 0 amide bonds. The second kappa shape index (κ2) is 3.83. The Kier molecular flexibility index (Phi) is 2.36. The predicted octanol–water partition coefficient (Wildman–Crippen LogP) is 1.14. The van der Waals surface area contributed by atoms with E-state index in [0.29, 0.717) is 12.2 Å². The first-order chi connectivity index (χ1) is 6.90. The van der Waals surface area contributed by atoms with Crippen molar-refractivity contribution in [3.63, 3.8) is 0 Å². The first-order valence-electron chi connectivity index (χ1n) is 4.25. The molecule has 0 aliphatic carbocycles. The van der Waals surface area contributed by atoms with Crippen LogP contribution < -0.4 is 0 Å². The summed E-state index contributed by atoms with van der Waals surface area (Å²) in [5.74, 6) is 0. The Balaban J connectivity index is 2.23.